The second-order valence-corrected chi connectivity index (χ2v) is 11.0. The summed E-state index contributed by atoms with van der Waals surface area (Å²) in [6.45, 7) is 6.14. The van der Waals surface area contributed by atoms with Crippen LogP contribution in [-0.2, 0) is 10.5 Å². The molecule has 0 spiro atoms. The molecule has 2 aromatic heterocycles. The lowest BCUT2D eigenvalue weighted by atomic mass is 9.86. The zero-order valence-electron chi connectivity index (χ0n) is 19.6. The van der Waals surface area contributed by atoms with Crippen LogP contribution in [0.4, 0.5) is 0 Å². The third kappa shape index (κ3) is 6.52. The first-order valence-electron chi connectivity index (χ1n) is 11.5. The van der Waals surface area contributed by atoms with Crippen LogP contribution in [0.5, 0.6) is 0 Å². The van der Waals surface area contributed by atoms with Crippen molar-refractivity contribution in [1.82, 2.24) is 30.0 Å². The number of halogens is 1. The summed E-state index contributed by atoms with van der Waals surface area (Å²) in [7, 11) is 0. The van der Waals surface area contributed by atoms with Crippen LogP contribution in [0.1, 0.15) is 49.8 Å². The third-order valence-electron chi connectivity index (χ3n) is 5.85. The fourth-order valence-corrected chi connectivity index (χ4v) is 5.99. The van der Waals surface area contributed by atoms with Gasteiger partial charge in [0.1, 0.15) is 5.82 Å². The summed E-state index contributed by atoms with van der Waals surface area (Å²) in [5.41, 5.74) is 2.72. The van der Waals surface area contributed by atoms with Crippen molar-refractivity contribution < 1.29 is 4.79 Å². The van der Waals surface area contributed by atoms with Gasteiger partial charge in [-0.3, -0.25) is 9.36 Å². The average molecular weight is 517 g/mol. The number of thioether (sulfide) groups is 2. The van der Waals surface area contributed by atoms with Gasteiger partial charge in [0, 0.05) is 22.5 Å². The molecule has 2 atom stereocenters. The maximum absolute atomic E-state index is 12.7. The molecule has 10 heteroatoms. The molecule has 0 radical (unpaired) electrons. The van der Waals surface area contributed by atoms with Crippen molar-refractivity contribution in [2.75, 3.05) is 5.75 Å². The Hall–Kier alpha value is -2.10. The van der Waals surface area contributed by atoms with Crippen LogP contribution in [0.2, 0.25) is 5.02 Å². The van der Waals surface area contributed by atoms with Crippen molar-refractivity contribution in [3.63, 3.8) is 0 Å². The number of hydrogen-bond donors (Lipinski definition) is 1. The van der Waals surface area contributed by atoms with E-state index in [9.17, 15) is 4.79 Å². The highest BCUT2D eigenvalue weighted by molar-refractivity contribution is 7.99. The largest absolute Gasteiger partial charge is 0.352 e. The van der Waals surface area contributed by atoms with Crippen LogP contribution >= 0.6 is 35.1 Å². The van der Waals surface area contributed by atoms with Gasteiger partial charge in [-0.2, -0.15) is 0 Å². The molecule has 7 nitrogen and oxygen atoms in total. The minimum Gasteiger partial charge on any atom is -0.352 e. The lowest BCUT2D eigenvalue weighted by molar-refractivity contribution is -0.119. The number of nitrogens with zero attached hydrogens (tertiary/aromatic N) is 5. The fourth-order valence-electron chi connectivity index (χ4n) is 4.16. The van der Waals surface area contributed by atoms with Crippen LogP contribution < -0.4 is 5.32 Å². The Morgan fingerprint density at radius 2 is 1.88 bits per heavy atom. The molecular formula is C24H29ClN6OS2. The molecule has 1 amide bonds. The molecule has 1 aliphatic carbocycles. The Bertz CT molecular complexity index is 1130. The van der Waals surface area contributed by atoms with E-state index in [-0.39, 0.29) is 17.7 Å². The molecule has 0 saturated heterocycles. The van der Waals surface area contributed by atoms with Gasteiger partial charge in [-0.15, -0.1) is 10.2 Å². The Labute approximate surface area is 213 Å². The van der Waals surface area contributed by atoms with E-state index < -0.39 is 0 Å². The molecule has 1 N–H and O–H groups in total. The van der Waals surface area contributed by atoms with Gasteiger partial charge in [0.25, 0.3) is 0 Å². The highest BCUT2D eigenvalue weighted by Crippen LogP contribution is 2.28. The van der Waals surface area contributed by atoms with Gasteiger partial charge in [0.2, 0.25) is 5.91 Å². The summed E-state index contributed by atoms with van der Waals surface area (Å²) in [5, 5.41) is 14.0. The van der Waals surface area contributed by atoms with E-state index >= 15 is 0 Å². The van der Waals surface area contributed by atoms with Crippen LogP contribution in [0.15, 0.2) is 40.6 Å². The lowest BCUT2D eigenvalue weighted by Crippen LogP contribution is -2.41. The van der Waals surface area contributed by atoms with Gasteiger partial charge in [-0.05, 0) is 56.9 Å². The second-order valence-electron chi connectivity index (χ2n) is 8.66. The first-order chi connectivity index (χ1) is 16.4. The van der Waals surface area contributed by atoms with E-state index in [2.05, 4.69) is 32.4 Å². The summed E-state index contributed by atoms with van der Waals surface area (Å²) < 4.78 is 1.96. The molecule has 4 rings (SSSR count). The summed E-state index contributed by atoms with van der Waals surface area (Å²) in [5.74, 6) is 2.13. The highest BCUT2D eigenvalue weighted by atomic mass is 35.5. The fraction of sp³-hybridized carbons (Fsp3) is 0.458. The second kappa shape index (κ2) is 11.6. The number of aryl methyl sites for hydroxylation is 2. The van der Waals surface area contributed by atoms with Crippen molar-refractivity contribution in [2.24, 2.45) is 5.92 Å². The Morgan fingerprint density at radius 1 is 1.12 bits per heavy atom. The molecule has 180 valence electrons. The van der Waals surface area contributed by atoms with E-state index in [0.717, 1.165) is 29.3 Å². The predicted octanol–water partition coefficient (Wildman–Crippen LogP) is 5.41. The van der Waals surface area contributed by atoms with Gasteiger partial charge in [0.05, 0.1) is 17.2 Å². The topological polar surface area (TPSA) is 85.6 Å². The van der Waals surface area contributed by atoms with E-state index in [1.54, 1.807) is 0 Å². The predicted molar refractivity (Wildman–Crippen MR) is 138 cm³/mol. The molecule has 1 saturated carbocycles. The standard InChI is InChI=1S/C24H29ClN6OS2/c1-15-7-4-5-10-20(15)28-22(32)14-34-24-30-29-21(31(24)19-9-6-8-18(25)12-19)13-33-23-26-16(2)11-17(3)27-23/h6,8-9,11-12,15,20H,4-5,7,10,13-14H2,1-3H3,(H,28,32)/t15-,20-/m0/s1. The Morgan fingerprint density at radius 3 is 2.62 bits per heavy atom. The smallest absolute Gasteiger partial charge is 0.230 e. The zero-order chi connectivity index (χ0) is 24.1. The van der Waals surface area contributed by atoms with Crippen LogP contribution in [0, 0.1) is 19.8 Å². The number of carbonyl (C=O) groups is 1. The molecule has 1 aliphatic rings. The monoisotopic (exact) mass is 516 g/mol. The normalized spacial score (nSPS) is 18.1. The minimum absolute atomic E-state index is 0.0314. The number of amides is 1. The van der Waals surface area contributed by atoms with E-state index in [0.29, 0.717) is 27.0 Å². The molecule has 3 aromatic rings. The number of carbonyl (C=O) groups excluding carboxylic acids is 1. The van der Waals surface area contributed by atoms with Crippen molar-refractivity contribution in [2.45, 2.75) is 68.6 Å². The molecule has 1 aromatic carbocycles. The van der Waals surface area contributed by atoms with Gasteiger partial charge < -0.3 is 5.32 Å². The molecular weight excluding hydrogens is 488 g/mol. The first kappa shape index (κ1) is 25.0. The van der Waals surface area contributed by atoms with Crippen LogP contribution in [0.25, 0.3) is 5.69 Å². The maximum atomic E-state index is 12.7. The van der Waals surface area contributed by atoms with E-state index in [1.807, 2.05) is 48.7 Å². The van der Waals surface area contributed by atoms with Gasteiger partial charge >= 0.3 is 0 Å². The molecule has 0 aliphatic heterocycles. The third-order valence-corrected chi connectivity index (χ3v) is 7.86. The van der Waals surface area contributed by atoms with Gasteiger partial charge in [0.15, 0.2) is 10.3 Å². The summed E-state index contributed by atoms with van der Waals surface area (Å²) >= 11 is 9.17. The number of aromatic nitrogens is 5. The number of rotatable bonds is 8. The highest BCUT2D eigenvalue weighted by Gasteiger charge is 2.23. The molecule has 2 heterocycles. The van der Waals surface area contributed by atoms with Crippen molar-refractivity contribution in [3.05, 3.63) is 52.6 Å². The zero-order valence-corrected chi connectivity index (χ0v) is 22.0. The van der Waals surface area contributed by atoms with Crippen molar-refractivity contribution >= 4 is 41.0 Å². The quantitative estimate of drug-likeness (QED) is 0.316. The van der Waals surface area contributed by atoms with Gasteiger partial charge in [-0.25, -0.2) is 9.97 Å². The minimum atomic E-state index is 0.0314. The number of nitrogens with one attached hydrogen (secondary N) is 1. The molecule has 0 unspecified atom stereocenters. The summed E-state index contributed by atoms with van der Waals surface area (Å²) in [6, 6.07) is 9.78. The number of hydrogen-bond acceptors (Lipinski definition) is 7. The van der Waals surface area contributed by atoms with Gasteiger partial charge in [-0.1, -0.05) is 61.0 Å². The van der Waals surface area contributed by atoms with Crippen LogP contribution in [0.3, 0.4) is 0 Å². The van der Waals surface area contributed by atoms with Crippen LogP contribution in [-0.4, -0.2) is 42.4 Å². The summed E-state index contributed by atoms with van der Waals surface area (Å²) in [6.07, 6.45) is 4.65. The average Bonchev–Trinajstić information content (AvgIpc) is 3.20. The maximum Gasteiger partial charge on any atom is 0.230 e. The lowest BCUT2D eigenvalue weighted by Gasteiger charge is -2.29. The molecule has 34 heavy (non-hydrogen) atoms. The van der Waals surface area contributed by atoms with E-state index in [4.69, 9.17) is 11.6 Å². The van der Waals surface area contributed by atoms with Crippen molar-refractivity contribution in [3.8, 4) is 5.69 Å². The SMILES string of the molecule is Cc1cc(C)nc(SCc2nnc(SCC(=O)N[C@H]3CCCC[C@@H]3C)n2-c2cccc(Cl)c2)n1. The first-order valence-corrected chi connectivity index (χ1v) is 13.8. The molecule has 1 fully saturated rings. The Kier molecular flexibility index (Phi) is 8.50. The van der Waals surface area contributed by atoms with E-state index in [1.165, 1.54) is 42.8 Å². The number of benzene rings is 1. The Balaban J connectivity index is 1.50. The molecule has 0 bridgehead atoms. The summed E-state index contributed by atoms with van der Waals surface area (Å²) in [4.78, 5) is 21.7. The van der Waals surface area contributed by atoms with Crippen molar-refractivity contribution in [1.29, 1.82) is 0 Å².